The van der Waals surface area contributed by atoms with E-state index in [4.69, 9.17) is 27.9 Å². The summed E-state index contributed by atoms with van der Waals surface area (Å²) in [5.74, 6) is -0.581. The minimum atomic E-state index is -3.70. The molecule has 1 saturated heterocycles. The fraction of sp³-hybridized carbons (Fsp3) is 0.316. The molecule has 1 heterocycles. The van der Waals surface area contributed by atoms with Crippen LogP contribution < -0.4 is 4.74 Å². The fourth-order valence-electron chi connectivity index (χ4n) is 2.93. The summed E-state index contributed by atoms with van der Waals surface area (Å²) in [5, 5.41) is 0.386. The smallest absolute Gasteiger partial charge is 0.345 e. The van der Waals surface area contributed by atoms with Crippen LogP contribution in [0.5, 0.6) is 5.75 Å². The van der Waals surface area contributed by atoms with Gasteiger partial charge in [-0.05, 0) is 43.2 Å². The summed E-state index contributed by atoms with van der Waals surface area (Å²) in [6, 6.07) is 10.6. The van der Waals surface area contributed by atoms with Gasteiger partial charge in [0, 0.05) is 13.1 Å². The Morgan fingerprint density at radius 1 is 0.926 bits per heavy atom. The van der Waals surface area contributed by atoms with Crippen molar-refractivity contribution in [1.82, 2.24) is 4.31 Å². The number of benzene rings is 2. The molecule has 2 aromatic carbocycles. The molecule has 0 amide bonds. The SMILES string of the molecule is O=C(Oc1ccccc1Cl)c1cc(S(=O)(=O)N2CCCCCC2)ccc1Cl. The summed E-state index contributed by atoms with van der Waals surface area (Å²) in [5.41, 5.74) is -0.0208. The lowest BCUT2D eigenvalue weighted by Gasteiger charge is -2.20. The Labute approximate surface area is 168 Å². The molecular weight excluding hydrogens is 409 g/mol. The second kappa shape index (κ2) is 8.61. The van der Waals surface area contributed by atoms with E-state index in [1.54, 1.807) is 24.3 Å². The second-order valence-electron chi connectivity index (χ2n) is 6.28. The number of para-hydroxylation sites is 1. The van der Waals surface area contributed by atoms with Gasteiger partial charge in [-0.2, -0.15) is 4.31 Å². The molecule has 144 valence electrons. The molecule has 2 aromatic rings. The first-order valence-electron chi connectivity index (χ1n) is 8.66. The van der Waals surface area contributed by atoms with E-state index in [0.717, 1.165) is 25.7 Å². The zero-order valence-electron chi connectivity index (χ0n) is 14.5. The Bertz CT molecular complexity index is 938. The molecule has 0 radical (unpaired) electrons. The highest BCUT2D eigenvalue weighted by Crippen LogP contribution is 2.28. The monoisotopic (exact) mass is 427 g/mol. The molecule has 1 fully saturated rings. The Morgan fingerprint density at radius 3 is 2.26 bits per heavy atom. The van der Waals surface area contributed by atoms with Crippen LogP contribution in [-0.2, 0) is 10.0 Å². The third-order valence-corrected chi connectivity index (χ3v) is 6.94. The standard InChI is InChI=1S/C19H19Cl2NO4S/c20-16-10-9-14(27(24,25)22-11-5-1-2-6-12-22)13-15(16)19(23)26-18-8-4-3-7-17(18)21/h3-4,7-10,13H,1-2,5-6,11-12H2. The van der Waals surface area contributed by atoms with Crippen LogP contribution in [0.4, 0.5) is 0 Å². The molecule has 0 atom stereocenters. The molecule has 5 nitrogen and oxygen atoms in total. The number of hydrogen-bond donors (Lipinski definition) is 0. The zero-order chi connectivity index (χ0) is 19.4. The normalized spacial score (nSPS) is 15.9. The molecule has 0 saturated carbocycles. The van der Waals surface area contributed by atoms with Gasteiger partial charge in [0.05, 0.1) is 20.5 Å². The van der Waals surface area contributed by atoms with Crippen LogP contribution in [-0.4, -0.2) is 31.8 Å². The third kappa shape index (κ3) is 4.63. The predicted octanol–water partition coefficient (Wildman–Crippen LogP) is 4.78. The summed E-state index contributed by atoms with van der Waals surface area (Å²) in [4.78, 5) is 12.6. The van der Waals surface area contributed by atoms with Gasteiger partial charge in [-0.1, -0.05) is 48.2 Å². The van der Waals surface area contributed by atoms with E-state index >= 15 is 0 Å². The molecule has 0 aromatic heterocycles. The number of carbonyl (C=O) groups is 1. The van der Waals surface area contributed by atoms with Crippen molar-refractivity contribution < 1.29 is 17.9 Å². The van der Waals surface area contributed by atoms with Gasteiger partial charge in [0.1, 0.15) is 5.75 Å². The summed E-state index contributed by atoms with van der Waals surface area (Å²) < 4.78 is 32.6. The van der Waals surface area contributed by atoms with Crippen molar-refractivity contribution in [1.29, 1.82) is 0 Å². The minimum Gasteiger partial charge on any atom is -0.421 e. The van der Waals surface area contributed by atoms with Crippen LogP contribution in [0.1, 0.15) is 36.0 Å². The van der Waals surface area contributed by atoms with Gasteiger partial charge >= 0.3 is 5.97 Å². The first kappa shape index (κ1) is 20.1. The summed E-state index contributed by atoms with van der Waals surface area (Å²) in [7, 11) is -3.70. The van der Waals surface area contributed by atoms with Crippen LogP contribution in [0.2, 0.25) is 10.0 Å². The average Bonchev–Trinajstić information content (AvgIpc) is 2.94. The van der Waals surface area contributed by atoms with Gasteiger partial charge in [-0.25, -0.2) is 13.2 Å². The lowest BCUT2D eigenvalue weighted by Crippen LogP contribution is -2.32. The maximum atomic E-state index is 12.9. The zero-order valence-corrected chi connectivity index (χ0v) is 16.9. The number of carbonyl (C=O) groups excluding carboxylic acids is 1. The van der Waals surface area contributed by atoms with Crippen LogP contribution in [0, 0.1) is 0 Å². The molecule has 0 N–H and O–H groups in total. The third-order valence-electron chi connectivity index (χ3n) is 4.40. The average molecular weight is 428 g/mol. The molecular formula is C19H19Cl2NO4S. The second-order valence-corrected chi connectivity index (χ2v) is 9.03. The van der Waals surface area contributed by atoms with E-state index in [0.29, 0.717) is 13.1 Å². The van der Waals surface area contributed by atoms with Gasteiger partial charge in [-0.3, -0.25) is 0 Å². The van der Waals surface area contributed by atoms with Crippen molar-refractivity contribution in [2.45, 2.75) is 30.6 Å². The summed E-state index contributed by atoms with van der Waals surface area (Å²) in [6.07, 6.45) is 3.69. The van der Waals surface area contributed by atoms with Crippen molar-refractivity contribution in [2.75, 3.05) is 13.1 Å². The van der Waals surface area contributed by atoms with E-state index in [-0.39, 0.29) is 26.3 Å². The van der Waals surface area contributed by atoms with E-state index in [2.05, 4.69) is 0 Å². The Hall–Kier alpha value is -1.60. The Morgan fingerprint density at radius 2 is 1.59 bits per heavy atom. The van der Waals surface area contributed by atoms with E-state index in [1.807, 2.05) is 0 Å². The van der Waals surface area contributed by atoms with E-state index < -0.39 is 16.0 Å². The maximum Gasteiger partial charge on any atom is 0.345 e. The number of ether oxygens (including phenoxy) is 1. The molecule has 1 aliphatic rings. The van der Waals surface area contributed by atoms with Crippen molar-refractivity contribution >= 4 is 39.2 Å². The number of esters is 1. The lowest BCUT2D eigenvalue weighted by molar-refractivity contribution is 0.0735. The first-order chi connectivity index (χ1) is 12.9. The van der Waals surface area contributed by atoms with Crippen LogP contribution >= 0.6 is 23.2 Å². The highest BCUT2D eigenvalue weighted by Gasteiger charge is 2.27. The van der Waals surface area contributed by atoms with Gasteiger partial charge in [0.2, 0.25) is 10.0 Å². The number of halogens is 2. The van der Waals surface area contributed by atoms with Gasteiger partial charge in [0.15, 0.2) is 0 Å². The Kier molecular flexibility index (Phi) is 6.42. The molecule has 3 rings (SSSR count). The number of nitrogens with zero attached hydrogens (tertiary/aromatic N) is 1. The summed E-state index contributed by atoms with van der Waals surface area (Å²) >= 11 is 12.1. The molecule has 8 heteroatoms. The van der Waals surface area contributed by atoms with Crippen molar-refractivity contribution in [3.63, 3.8) is 0 Å². The van der Waals surface area contributed by atoms with E-state index in [9.17, 15) is 13.2 Å². The minimum absolute atomic E-state index is 0.0208. The fourth-order valence-corrected chi connectivity index (χ4v) is 4.85. The number of sulfonamides is 1. The van der Waals surface area contributed by atoms with Gasteiger partial charge < -0.3 is 4.74 Å². The van der Waals surface area contributed by atoms with Gasteiger partial charge in [0.25, 0.3) is 0 Å². The van der Waals surface area contributed by atoms with Crippen LogP contribution in [0.15, 0.2) is 47.4 Å². The van der Waals surface area contributed by atoms with E-state index in [1.165, 1.54) is 22.5 Å². The topological polar surface area (TPSA) is 63.7 Å². The molecule has 0 unspecified atom stereocenters. The largest absolute Gasteiger partial charge is 0.421 e. The molecule has 0 bridgehead atoms. The highest BCUT2D eigenvalue weighted by molar-refractivity contribution is 7.89. The molecule has 0 aliphatic carbocycles. The van der Waals surface area contributed by atoms with Crippen molar-refractivity contribution in [2.24, 2.45) is 0 Å². The highest BCUT2D eigenvalue weighted by atomic mass is 35.5. The lowest BCUT2D eigenvalue weighted by atomic mass is 10.2. The molecule has 0 spiro atoms. The Balaban J connectivity index is 1.89. The number of hydrogen-bond acceptors (Lipinski definition) is 4. The molecule has 27 heavy (non-hydrogen) atoms. The summed E-state index contributed by atoms with van der Waals surface area (Å²) in [6.45, 7) is 0.953. The van der Waals surface area contributed by atoms with Crippen molar-refractivity contribution in [3.8, 4) is 5.75 Å². The quantitative estimate of drug-likeness (QED) is 0.520. The number of rotatable bonds is 4. The first-order valence-corrected chi connectivity index (χ1v) is 10.9. The molecule has 1 aliphatic heterocycles. The van der Waals surface area contributed by atoms with Crippen molar-refractivity contribution in [3.05, 3.63) is 58.1 Å². The predicted molar refractivity (Wildman–Crippen MR) is 105 cm³/mol. The van der Waals surface area contributed by atoms with Crippen LogP contribution in [0.25, 0.3) is 0 Å². The van der Waals surface area contributed by atoms with Gasteiger partial charge in [-0.15, -0.1) is 0 Å². The van der Waals surface area contributed by atoms with Crippen LogP contribution in [0.3, 0.4) is 0 Å². The maximum absolute atomic E-state index is 12.9.